The lowest BCUT2D eigenvalue weighted by Crippen LogP contribution is -2.40. The minimum absolute atomic E-state index is 0.0247. The molecular formula is C16H21N3O2. The van der Waals surface area contributed by atoms with Gasteiger partial charge in [-0.1, -0.05) is 32.0 Å². The van der Waals surface area contributed by atoms with E-state index in [0.29, 0.717) is 6.54 Å². The van der Waals surface area contributed by atoms with Gasteiger partial charge in [-0.2, -0.15) is 0 Å². The van der Waals surface area contributed by atoms with Crippen LogP contribution in [0.5, 0.6) is 0 Å². The number of rotatable bonds is 6. The van der Waals surface area contributed by atoms with Gasteiger partial charge in [-0.05, 0) is 25.0 Å². The fourth-order valence-corrected chi connectivity index (χ4v) is 2.37. The molecule has 2 N–H and O–H groups in total. The average Bonchev–Trinajstić information content (AvgIpc) is 2.80. The van der Waals surface area contributed by atoms with Gasteiger partial charge in [0.2, 0.25) is 0 Å². The highest BCUT2D eigenvalue weighted by atomic mass is 16.4. The summed E-state index contributed by atoms with van der Waals surface area (Å²) >= 11 is 0. The standard InChI is InChI=1S/C16H21N3O2/c1-11(2)15(16(20)21)18-10-14-9-17-12(3)19(14)13-7-5-4-6-8-13/h4-9,11,15,18H,10H2,1-3H3,(H,20,21). The van der Waals surface area contributed by atoms with Crippen molar-refractivity contribution in [1.29, 1.82) is 0 Å². The van der Waals surface area contributed by atoms with E-state index in [9.17, 15) is 9.90 Å². The minimum atomic E-state index is -0.826. The van der Waals surface area contributed by atoms with Gasteiger partial charge in [0.25, 0.3) is 0 Å². The van der Waals surface area contributed by atoms with Gasteiger partial charge in [-0.3, -0.25) is 14.7 Å². The maximum Gasteiger partial charge on any atom is 0.320 e. The Morgan fingerprint density at radius 1 is 1.33 bits per heavy atom. The van der Waals surface area contributed by atoms with Crippen molar-refractivity contribution in [3.05, 3.63) is 48.0 Å². The second kappa shape index (κ2) is 6.54. The third kappa shape index (κ3) is 3.49. The maximum atomic E-state index is 11.2. The first-order chi connectivity index (χ1) is 10.0. The van der Waals surface area contributed by atoms with E-state index in [4.69, 9.17) is 0 Å². The lowest BCUT2D eigenvalue weighted by atomic mass is 10.0. The second-order valence-electron chi connectivity index (χ2n) is 5.41. The molecule has 1 heterocycles. The molecule has 2 aromatic rings. The normalized spacial score (nSPS) is 12.6. The van der Waals surface area contributed by atoms with Crippen LogP contribution in [0, 0.1) is 12.8 Å². The van der Waals surface area contributed by atoms with E-state index in [-0.39, 0.29) is 5.92 Å². The first-order valence-electron chi connectivity index (χ1n) is 7.05. The predicted octanol–water partition coefficient (Wildman–Crippen LogP) is 2.38. The number of aliphatic carboxylic acids is 1. The van der Waals surface area contributed by atoms with Crippen molar-refractivity contribution in [3.8, 4) is 5.69 Å². The molecule has 0 radical (unpaired) electrons. The highest BCUT2D eigenvalue weighted by Gasteiger charge is 2.21. The minimum Gasteiger partial charge on any atom is -0.480 e. The van der Waals surface area contributed by atoms with Crippen molar-refractivity contribution < 1.29 is 9.90 Å². The third-order valence-corrected chi connectivity index (χ3v) is 3.46. The van der Waals surface area contributed by atoms with Crippen molar-refractivity contribution in [2.45, 2.75) is 33.4 Å². The number of nitrogens with zero attached hydrogens (tertiary/aromatic N) is 2. The van der Waals surface area contributed by atoms with E-state index in [1.807, 2.05) is 55.7 Å². The summed E-state index contributed by atoms with van der Waals surface area (Å²) in [7, 11) is 0. The summed E-state index contributed by atoms with van der Waals surface area (Å²) in [6, 6.07) is 9.36. The van der Waals surface area contributed by atoms with Crippen molar-refractivity contribution >= 4 is 5.97 Å². The molecule has 0 amide bonds. The smallest absolute Gasteiger partial charge is 0.320 e. The number of para-hydroxylation sites is 1. The van der Waals surface area contributed by atoms with Gasteiger partial charge >= 0.3 is 5.97 Å². The summed E-state index contributed by atoms with van der Waals surface area (Å²) in [4.78, 5) is 15.6. The Morgan fingerprint density at radius 3 is 2.57 bits per heavy atom. The van der Waals surface area contributed by atoms with Gasteiger partial charge < -0.3 is 5.11 Å². The van der Waals surface area contributed by atoms with E-state index in [2.05, 4.69) is 10.3 Å². The number of carboxylic acids is 1. The van der Waals surface area contributed by atoms with Crippen LogP contribution in [0.15, 0.2) is 36.5 Å². The summed E-state index contributed by atoms with van der Waals surface area (Å²) in [5, 5.41) is 12.3. The number of aromatic nitrogens is 2. The predicted molar refractivity (Wildman–Crippen MR) is 81.4 cm³/mol. The lowest BCUT2D eigenvalue weighted by Gasteiger charge is -2.18. The van der Waals surface area contributed by atoms with Crippen LogP contribution in [0.1, 0.15) is 25.4 Å². The molecule has 112 valence electrons. The van der Waals surface area contributed by atoms with E-state index in [0.717, 1.165) is 17.2 Å². The topological polar surface area (TPSA) is 67.2 Å². The number of aryl methyl sites for hydroxylation is 1. The molecule has 1 aromatic heterocycles. The van der Waals surface area contributed by atoms with Crippen LogP contribution in [0.4, 0.5) is 0 Å². The number of imidazole rings is 1. The summed E-state index contributed by atoms with van der Waals surface area (Å²) in [5.41, 5.74) is 1.98. The third-order valence-electron chi connectivity index (χ3n) is 3.46. The van der Waals surface area contributed by atoms with E-state index < -0.39 is 12.0 Å². The van der Waals surface area contributed by atoms with Gasteiger partial charge in [-0.15, -0.1) is 0 Å². The molecule has 1 unspecified atom stereocenters. The van der Waals surface area contributed by atoms with Crippen LogP contribution in [0.2, 0.25) is 0 Å². The Kier molecular flexibility index (Phi) is 4.75. The number of hydrogen-bond acceptors (Lipinski definition) is 3. The first kappa shape index (κ1) is 15.3. The molecule has 5 nitrogen and oxygen atoms in total. The second-order valence-corrected chi connectivity index (χ2v) is 5.41. The Morgan fingerprint density at radius 2 is 2.00 bits per heavy atom. The van der Waals surface area contributed by atoms with Gasteiger partial charge in [-0.25, -0.2) is 4.98 Å². The van der Waals surface area contributed by atoms with Crippen LogP contribution in [-0.2, 0) is 11.3 Å². The summed E-state index contributed by atoms with van der Waals surface area (Å²) in [5.74, 6) is 0.0820. The average molecular weight is 287 g/mol. The molecule has 0 aliphatic heterocycles. The van der Waals surface area contributed by atoms with Gasteiger partial charge in [0.1, 0.15) is 11.9 Å². The molecule has 0 aliphatic carbocycles. The van der Waals surface area contributed by atoms with Gasteiger partial charge in [0, 0.05) is 12.2 Å². The molecule has 0 spiro atoms. The fourth-order valence-electron chi connectivity index (χ4n) is 2.37. The van der Waals surface area contributed by atoms with E-state index >= 15 is 0 Å². The molecule has 1 aromatic carbocycles. The monoisotopic (exact) mass is 287 g/mol. The Hall–Kier alpha value is -2.14. The van der Waals surface area contributed by atoms with Crippen molar-refractivity contribution in [1.82, 2.24) is 14.9 Å². The van der Waals surface area contributed by atoms with Crippen LogP contribution >= 0.6 is 0 Å². The highest BCUT2D eigenvalue weighted by molar-refractivity contribution is 5.73. The Labute approximate surface area is 124 Å². The molecule has 0 saturated heterocycles. The fraction of sp³-hybridized carbons (Fsp3) is 0.375. The molecule has 0 bridgehead atoms. The van der Waals surface area contributed by atoms with Crippen molar-refractivity contribution in [2.24, 2.45) is 5.92 Å². The molecule has 5 heteroatoms. The first-order valence-corrected chi connectivity index (χ1v) is 7.05. The molecular weight excluding hydrogens is 266 g/mol. The van der Waals surface area contributed by atoms with Crippen LogP contribution < -0.4 is 5.32 Å². The van der Waals surface area contributed by atoms with Gasteiger partial charge in [0.05, 0.1) is 11.9 Å². The molecule has 0 saturated carbocycles. The van der Waals surface area contributed by atoms with E-state index in [1.165, 1.54) is 0 Å². The lowest BCUT2D eigenvalue weighted by molar-refractivity contribution is -0.140. The zero-order valence-electron chi connectivity index (χ0n) is 12.6. The molecule has 0 aliphatic rings. The zero-order valence-corrected chi connectivity index (χ0v) is 12.6. The van der Waals surface area contributed by atoms with Gasteiger partial charge in [0.15, 0.2) is 0 Å². The summed E-state index contributed by atoms with van der Waals surface area (Å²) in [6.45, 7) is 6.19. The Balaban J connectivity index is 2.21. The number of nitrogens with one attached hydrogen (secondary N) is 1. The maximum absolute atomic E-state index is 11.2. The van der Waals surface area contributed by atoms with Crippen LogP contribution in [0.25, 0.3) is 5.69 Å². The zero-order chi connectivity index (χ0) is 15.4. The van der Waals surface area contributed by atoms with Crippen LogP contribution in [0.3, 0.4) is 0 Å². The molecule has 0 fully saturated rings. The molecule has 21 heavy (non-hydrogen) atoms. The summed E-state index contributed by atoms with van der Waals surface area (Å²) < 4.78 is 2.03. The van der Waals surface area contributed by atoms with E-state index in [1.54, 1.807) is 6.20 Å². The van der Waals surface area contributed by atoms with Crippen molar-refractivity contribution in [2.75, 3.05) is 0 Å². The summed E-state index contributed by atoms with van der Waals surface area (Å²) in [6.07, 6.45) is 1.79. The quantitative estimate of drug-likeness (QED) is 0.856. The molecule has 1 atom stereocenters. The number of hydrogen-bond donors (Lipinski definition) is 2. The molecule has 2 rings (SSSR count). The number of benzene rings is 1. The van der Waals surface area contributed by atoms with Crippen LogP contribution in [-0.4, -0.2) is 26.7 Å². The number of carboxylic acid groups (broad SMARTS) is 1. The van der Waals surface area contributed by atoms with Crippen molar-refractivity contribution in [3.63, 3.8) is 0 Å². The SMILES string of the molecule is Cc1ncc(CNC(C(=O)O)C(C)C)n1-c1ccccc1. The number of carbonyl (C=O) groups is 1. The Bertz CT molecular complexity index is 605. The largest absolute Gasteiger partial charge is 0.480 e. The highest BCUT2D eigenvalue weighted by Crippen LogP contribution is 2.15.